The fraction of sp³-hybridized carbons (Fsp3) is 0.0476. The second-order valence-electron chi connectivity index (χ2n) is 6.04. The highest BCUT2D eigenvalue weighted by atomic mass is 16.6. The Bertz CT molecular complexity index is 1030. The maximum Gasteiger partial charge on any atom is 0.273 e. The van der Waals surface area contributed by atoms with Crippen LogP contribution in [0.3, 0.4) is 0 Å². The summed E-state index contributed by atoms with van der Waals surface area (Å²) in [5.74, 6) is 0.518. The molecule has 0 unspecified atom stereocenters. The average Bonchev–Trinajstić information content (AvgIpc) is 3.28. The Labute approximate surface area is 160 Å². The average molecular weight is 373 g/mol. The number of nitrogens with zero attached hydrogens (tertiary/aromatic N) is 3. The van der Waals surface area contributed by atoms with Crippen molar-refractivity contribution < 1.29 is 14.2 Å². The molecule has 0 aliphatic rings. The molecular weight excluding hydrogens is 358 g/mol. The van der Waals surface area contributed by atoms with Crippen LogP contribution in [0.5, 0.6) is 5.75 Å². The summed E-state index contributed by atoms with van der Waals surface area (Å²) in [6.07, 6.45) is 0.811. The molecule has 4 aromatic rings. The van der Waals surface area contributed by atoms with Crippen molar-refractivity contribution in [1.29, 1.82) is 0 Å². The van der Waals surface area contributed by atoms with Gasteiger partial charge in [-0.2, -0.15) is 4.98 Å². The van der Waals surface area contributed by atoms with E-state index in [1.807, 2.05) is 60.7 Å². The van der Waals surface area contributed by atoms with Crippen molar-refractivity contribution in [2.24, 2.45) is 0 Å². The zero-order valence-electron chi connectivity index (χ0n) is 14.6. The summed E-state index contributed by atoms with van der Waals surface area (Å²) in [5.41, 5.74) is 2.16. The smallest absolute Gasteiger partial charge is 0.273 e. The Morgan fingerprint density at radius 1 is 0.929 bits per heavy atom. The van der Waals surface area contributed by atoms with E-state index in [4.69, 9.17) is 9.26 Å². The first kappa shape index (κ1) is 17.4. The van der Waals surface area contributed by atoms with Gasteiger partial charge in [-0.05, 0) is 17.2 Å². The van der Waals surface area contributed by atoms with Crippen LogP contribution in [0.2, 0.25) is 0 Å². The topological polar surface area (TPSA) is 91.3 Å². The molecule has 0 N–H and O–H groups in total. The predicted molar refractivity (Wildman–Crippen MR) is 102 cm³/mol. The maximum atomic E-state index is 11.4. The van der Waals surface area contributed by atoms with Gasteiger partial charge in [-0.1, -0.05) is 65.8 Å². The summed E-state index contributed by atoms with van der Waals surface area (Å²) in [7, 11) is 0. The number of nitro benzene ring substituents is 1. The number of nitro groups is 1. The van der Waals surface area contributed by atoms with E-state index < -0.39 is 11.0 Å². The minimum atomic E-state index is -0.479. The molecule has 0 amide bonds. The quantitative estimate of drug-likeness (QED) is 0.356. The van der Waals surface area contributed by atoms with Crippen molar-refractivity contribution in [2.75, 3.05) is 0 Å². The summed E-state index contributed by atoms with van der Waals surface area (Å²) in [4.78, 5) is 14.9. The van der Waals surface area contributed by atoms with Crippen LogP contribution in [0.15, 0.2) is 89.7 Å². The molecule has 0 radical (unpaired) electrons. The highest BCUT2D eigenvalue weighted by Crippen LogP contribution is 2.33. The molecule has 3 aromatic carbocycles. The first-order chi connectivity index (χ1) is 13.7. The molecule has 7 heteroatoms. The standard InChI is InChI=1S/C21H15N3O4/c25-24(26)18-11-17(21-22-14-23-28-21)12-19(13-18)27-20(15-7-3-1-4-8-15)16-9-5-2-6-10-16/h1-14,20H. The molecule has 28 heavy (non-hydrogen) atoms. The van der Waals surface area contributed by atoms with E-state index in [0.717, 1.165) is 11.1 Å². The third kappa shape index (κ3) is 3.73. The minimum Gasteiger partial charge on any atom is -0.481 e. The lowest BCUT2D eigenvalue weighted by molar-refractivity contribution is -0.384. The van der Waals surface area contributed by atoms with Crippen LogP contribution < -0.4 is 4.74 Å². The van der Waals surface area contributed by atoms with Gasteiger partial charge in [0.05, 0.1) is 16.6 Å². The van der Waals surface area contributed by atoms with Gasteiger partial charge < -0.3 is 9.26 Å². The number of ether oxygens (including phenoxy) is 1. The molecule has 0 atom stereocenters. The van der Waals surface area contributed by atoms with E-state index in [9.17, 15) is 10.1 Å². The molecule has 0 bridgehead atoms. The lowest BCUT2D eigenvalue weighted by atomic mass is 10.0. The molecule has 1 aromatic heterocycles. The van der Waals surface area contributed by atoms with E-state index >= 15 is 0 Å². The van der Waals surface area contributed by atoms with E-state index in [1.165, 1.54) is 18.5 Å². The summed E-state index contributed by atoms with van der Waals surface area (Å²) >= 11 is 0. The first-order valence-electron chi connectivity index (χ1n) is 8.54. The van der Waals surface area contributed by atoms with Gasteiger partial charge in [0.15, 0.2) is 6.33 Å². The largest absolute Gasteiger partial charge is 0.481 e. The molecule has 7 nitrogen and oxygen atoms in total. The van der Waals surface area contributed by atoms with Crippen molar-refractivity contribution in [2.45, 2.75) is 6.10 Å². The summed E-state index contributed by atoms with van der Waals surface area (Å²) in [5, 5.41) is 14.9. The molecule has 0 aliphatic carbocycles. The predicted octanol–water partition coefficient (Wildman–Crippen LogP) is 4.81. The van der Waals surface area contributed by atoms with Crippen molar-refractivity contribution in [1.82, 2.24) is 10.1 Å². The Hall–Kier alpha value is -4.00. The van der Waals surface area contributed by atoms with Gasteiger partial charge in [-0.25, -0.2) is 0 Å². The van der Waals surface area contributed by atoms with Gasteiger partial charge in [0.2, 0.25) is 0 Å². The van der Waals surface area contributed by atoms with Gasteiger partial charge in [0.1, 0.15) is 11.9 Å². The molecule has 0 spiro atoms. The van der Waals surface area contributed by atoms with Gasteiger partial charge in [-0.3, -0.25) is 10.1 Å². The summed E-state index contributed by atoms with van der Waals surface area (Å²) < 4.78 is 11.3. The molecule has 0 saturated carbocycles. The third-order valence-electron chi connectivity index (χ3n) is 4.17. The highest BCUT2D eigenvalue weighted by molar-refractivity contribution is 5.61. The maximum absolute atomic E-state index is 11.4. The number of benzene rings is 3. The number of hydrogen-bond donors (Lipinski definition) is 0. The van der Waals surface area contributed by atoms with Crippen molar-refractivity contribution in [3.8, 4) is 17.2 Å². The normalized spacial score (nSPS) is 10.8. The van der Waals surface area contributed by atoms with Gasteiger partial charge in [-0.15, -0.1) is 0 Å². The zero-order chi connectivity index (χ0) is 19.3. The highest BCUT2D eigenvalue weighted by Gasteiger charge is 2.20. The van der Waals surface area contributed by atoms with E-state index in [-0.39, 0.29) is 11.6 Å². The van der Waals surface area contributed by atoms with Crippen LogP contribution in [0.25, 0.3) is 11.5 Å². The van der Waals surface area contributed by atoms with Crippen molar-refractivity contribution >= 4 is 5.69 Å². The monoisotopic (exact) mass is 373 g/mol. The van der Waals surface area contributed by atoms with Crippen LogP contribution in [0, 0.1) is 10.1 Å². The van der Waals surface area contributed by atoms with Crippen molar-refractivity contribution in [3.63, 3.8) is 0 Å². The second-order valence-corrected chi connectivity index (χ2v) is 6.04. The fourth-order valence-electron chi connectivity index (χ4n) is 2.90. The third-order valence-corrected chi connectivity index (χ3v) is 4.17. The number of non-ortho nitro benzene ring substituents is 1. The lowest BCUT2D eigenvalue weighted by Crippen LogP contribution is -2.09. The molecular formula is C21H15N3O4. The summed E-state index contributed by atoms with van der Waals surface area (Å²) in [6, 6.07) is 23.8. The Kier molecular flexibility index (Phi) is 4.79. The molecule has 0 fully saturated rings. The zero-order valence-corrected chi connectivity index (χ0v) is 14.6. The van der Waals surface area contributed by atoms with Gasteiger partial charge >= 0.3 is 0 Å². The molecule has 138 valence electrons. The van der Waals surface area contributed by atoms with Crippen LogP contribution >= 0.6 is 0 Å². The minimum absolute atomic E-state index is 0.120. The number of rotatable bonds is 6. The fourth-order valence-corrected chi connectivity index (χ4v) is 2.90. The first-order valence-corrected chi connectivity index (χ1v) is 8.54. The molecule has 1 heterocycles. The van der Waals surface area contributed by atoms with Crippen LogP contribution in [-0.2, 0) is 0 Å². The van der Waals surface area contributed by atoms with E-state index in [1.54, 1.807) is 6.07 Å². The van der Waals surface area contributed by atoms with Crippen LogP contribution in [0.4, 0.5) is 5.69 Å². The van der Waals surface area contributed by atoms with Crippen molar-refractivity contribution in [3.05, 3.63) is 106 Å². The number of hydrogen-bond acceptors (Lipinski definition) is 6. The van der Waals surface area contributed by atoms with Crippen LogP contribution in [-0.4, -0.2) is 15.1 Å². The summed E-state index contributed by atoms with van der Waals surface area (Å²) in [6.45, 7) is 0. The Balaban J connectivity index is 1.77. The molecule has 4 rings (SSSR count). The number of aromatic nitrogens is 2. The van der Waals surface area contributed by atoms with Crippen LogP contribution in [0.1, 0.15) is 17.2 Å². The SMILES string of the molecule is O=[N+]([O-])c1cc(OC(c2ccccc2)c2ccccc2)cc(-c2ncno2)c1. The van der Waals surface area contributed by atoms with E-state index in [0.29, 0.717) is 11.3 Å². The lowest BCUT2D eigenvalue weighted by Gasteiger charge is -2.20. The second kappa shape index (κ2) is 7.71. The molecule has 0 aliphatic heterocycles. The Morgan fingerprint density at radius 3 is 2.11 bits per heavy atom. The van der Waals surface area contributed by atoms with E-state index in [2.05, 4.69) is 10.1 Å². The molecule has 0 saturated heterocycles. The Morgan fingerprint density at radius 2 is 1.57 bits per heavy atom. The van der Waals surface area contributed by atoms with Gasteiger partial charge in [0, 0.05) is 6.07 Å². The van der Waals surface area contributed by atoms with Gasteiger partial charge in [0.25, 0.3) is 11.6 Å².